The van der Waals surface area contributed by atoms with Gasteiger partial charge in [0.1, 0.15) is 19.0 Å². The maximum Gasteiger partial charge on any atom is 0.213 e. The van der Waals surface area contributed by atoms with Gasteiger partial charge in [0.25, 0.3) is 0 Å². The Hall–Kier alpha value is -2.80. The number of rotatable bonds is 11. The highest BCUT2D eigenvalue weighted by Crippen LogP contribution is 2.12. The summed E-state index contributed by atoms with van der Waals surface area (Å²) >= 11 is 0. The third kappa shape index (κ3) is 8.38. The van der Waals surface area contributed by atoms with Gasteiger partial charge in [-0.3, -0.25) is 0 Å². The van der Waals surface area contributed by atoms with E-state index < -0.39 is 0 Å². The predicted molar refractivity (Wildman–Crippen MR) is 129 cm³/mol. The van der Waals surface area contributed by atoms with Crippen molar-refractivity contribution in [2.75, 3.05) is 39.4 Å². The lowest BCUT2D eigenvalue weighted by atomic mass is 10.1. The lowest BCUT2D eigenvalue weighted by Crippen LogP contribution is -2.48. The molecule has 1 fully saturated rings. The van der Waals surface area contributed by atoms with Crippen molar-refractivity contribution < 1.29 is 9.47 Å². The normalized spacial score (nSPS) is 15.4. The van der Waals surface area contributed by atoms with E-state index in [2.05, 4.69) is 34.4 Å². The van der Waals surface area contributed by atoms with Crippen LogP contribution in [0.15, 0.2) is 53.7 Å². The van der Waals surface area contributed by atoms with E-state index in [1.54, 1.807) is 0 Å². The second kappa shape index (κ2) is 13.6. The van der Waals surface area contributed by atoms with E-state index in [4.69, 9.17) is 14.5 Å². The molecule has 0 unspecified atom stereocenters. The molecule has 1 aromatic carbocycles. The molecule has 32 heavy (non-hydrogen) atoms. The Morgan fingerprint density at radius 3 is 2.53 bits per heavy atom. The topological polar surface area (TPSA) is 71.0 Å². The van der Waals surface area contributed by atoms with Crippen LogP contribution < -0.4 is 20.1 Å². The first kappa shape index (κ1) is 23.9. The Bertz CT molecular complexity index is 790. The van der Waals surface area contributed by atoms with Crippen molar-refractivity contribution in [2.45, 2.75) is 45.7 Å². The summed E-state index contributed by atoms with van der Waals surface area (Å²) in [6.45, 7) is 10.2. The fraction of sp³-hybridized carbons (Fsp3) is 0.520. The van der Waals surface area contributed by atoms with E-state index >= 15 is 0 Å². The fourth-order valence-electron chi connectivity index (χ4n) is 3.71. The van der Waals surface area contributed by atoms with E-state index in [-0.39, 0.29) is 0 Å². The van der Waals surface area contributed by atoms with Gasteiger partial charge in [-0.25, -0.2) is 9.98 Å². The molecule has 0 spiro atoms. The van der Waals surface area contributed by atoms with Crippen LogP contribution in [0.25, 0.3) is 0 Å². The maximum absolute atomic E-state index is 5.67. The fourth-order valence-corrected chi connectivity index (χ4v) is 3.71. The summed E-state index contributed by atoms with van der Waals surface area (Å²) in [6, 6.07) is 14.1. The Morgan fingerprint density at radius 2 is 1.84 bits per heavy atom. The van der Waals surface area contributed by atoms with Gasteiger partial charge < -0.3 is 25.0 Å². The van der Waals surface area contributed by atoms with E-state index in [1.807, 2.05) is 48.7 Å². The SMILES string of the molecule is CCCN1CCC(NC(=NCc2ccc(OCCOc3ccccc3)nc2)NCC)CC1. The summed E-state index contributed by atoms with van der Waals surface area (Å²) in [5, 5.41) is 6.96. The highest BCUT2D eigenvalue weighted by atomic mass is 16.5. The Kier molecular flexibility index (Phi) is 10.1. The first-order valence-corrected chi connectivity index (χ1v) is 11.8. The predicted octanol–water partition coefficient (Wildman–Crippen LogP) is 3.47. The number of aliphatic imine (C=N–C) groups is 1. The molecule has 174 valence electrons. The number of benzene rings is 1. The zero-order valence-corrected chi connectivity index (χ0v) is 19.4. The number of hydrogen-bond acceptors (Lipinski definition) is 5. The molecule has 1 aromatic heterocycles. The van der Waals surface area contributed by atoms with Crippen molar-refractivity contribution in [1.82, 2.24) is 20.5 Å². The van der Waals surface area contributed by atoms with Crippen molar-refractivity contribution in [3.05, 3.63) is 54.2 Å². The highest BCUT2D eigenvalue weighted by Gasteiger charge is 2.19. The van der Waals surface area contributed by atoms with Gasteiger partial charge in [0.15, 0.2) is 5.96 Å². The minimum Gasteiger partial charge on any atom is -0.490 e. The van der Waals surface area contributed by atoms with Crippen molar-refractivity contribution in [1.29, 1.82) is 0 Å². The lowest BCUT2D eigenvalue weighted by molar-refractivity contribution is 0.206. The third-order valence-corrected chi connectivity index (χ3v) is 5.38. The third-order valence-electron chi connectivity index (χ3n) is 5.38. The second-order valence-corrected chi connectivity index (χ2v) is 7.97. The number of nitrogens with zero attached hydrogens (tertiary/aromatic N) is 3. The second-order valence-electron chi connectivity index (χ2n) is 7.97. The van der Waals surface area contributed by atoms with Gasteiger partial charge in [0.2, 0.25) is 5.88 Å². The van der Waals surface area contributed by atoms with E-state index in [0.717, 1.165) is 49.7 Å². The van der Waals surface area contributed by atoms with Crippen LogP contribution in [0, 0.1) is 0 Å². The molecule has 0 aliphatic carbocycles. The van der Waals surface area contributed by atoms with Crippen LogP contribution in [0.5, 0.6) is 11.6 Å². The van der Waals surface area contributed by atoms with Gasteiger partial charge in [-0.1, -0.05) is 31.2 Å². The summed E-state index contributed by atoms with van der Waals surface area (Å²) in [7, 11) is 0. The summed E-state index contributed by atoms with van der Waals surface area (Å²) < 4.78 is 11.3. The number of guanidine groups is 1. The zero-order chi connectivity index (χ0) is 22.4. The largest absolute Gasteiger partial charge is 0.490 e. The van der Waals surface area contributed by atoms with Gasteiger partial charge in [-0.15, -0.1) is 0 Å². The molecule has 2 heterocycles. The molecule has 0 atom stereocenters. The lowest BCUT2D eigenvalue weighted by Gasteiger charge is -2.32. The number of ether oxygens (including phenoxy) is 2. The van der Waals surface area contributed by atoms with Gasteiger partial charge in [-0.2, -0.15) is 0 Å². The summed E-state index contributed by atoms with van der Waals surface area (Å²) in [4.78, 5) is 11.7. The van der Waals surface area contributed by atoms with Crippen LogP contribution in [0.1, 0.15) is 38.7 Å². The average molecular weight is 440 g/mol. The van der Waals surface area contributed by atoms with Crippen LogP contribution in [0.4, 0.5) is 0 Å². The first-order valence-electron chi connectivity index (χ1n) is 11.8. The van der Waals surface area contributed by atoms with Gasteiger partial charge >= 0.3 is 0 Å². The van der Waals surface area contributed by atoms with Gasteiger partial charge in [0.05, 0.1) is 6.54 Å². The van der Waals surface area contributed by atoms with Crippen LogP contribution in [0.2, 0.25) is 0 Å². The van der Waals surface area contributed by atoms with Crippen LogP contribution in [-0.2, 0) is 6.54 Å². The number of hydrogen-bond donors (Lipinski definition) is 2. The van der Waals surface area contributed by atoms with Crippen LogP contribution in [-0.4, -0.2) is 61.3 Å². The van der Waals surface area contributed by atoms with E-state index in [1.165, 1.54) is 13.0 Å². The number of aromatic nitrogens is 1. The minimum absolute atomic E-state index is 0.449. The number of nitrogens with one attached hydrogen (secondary N) is 2. The zero-order valence-electron chi connectivity index (χ0n) is 19.4. The summed E-state index contributed by atoms with van der Waals surface area (Å²) in [5.74, 6) is 2.31. The van der Waals surface area contributed by atoms with Crippen LogP contribution >= 0.6 is 0 Å². The molecule has 2 aromatic rings. The molecule has 3 rings (SSSR count). The van der Waals surface area contributed by atoms with Gasteiger partial charge in [0, 0.05) is 37.9 Å². The van der Waals surface area contributed by atoms with Crippen molar-refractivity contribution in [2.24, 2.45) is 4.99 Å². The average Bonchev–Trinajstić information content (AvgIpc) is 2.83. The van der Waals surface area contributed by atoms with Crippen molar-refractivity contribution >= 4 is 5.96 Å². The number of pyridine rings is 1. The highest BCUT2D eigenvalue weighted by molar-refractivity contribution is 5.80. The van der Waals surface area contributed by atoms with E-state index in [9.17, 15) is 0 Å². The van der Waals surface area contributed by atoms with E-state index in [0.29, 0.717) is 31.7 Å². The molecule has 0 saturated carbocycles. The minimum atomic E-state index is 0.449. The number of piperidine rings is 1. The molecule has 1 saturated heterocycles. The van der Waals surface area contributed by atoms with Crippen LogP contribution in [0.3, 0.4) is 0 Å². The Balaban J connectivity index is 1.41. The molecule has 0 bridgehead atoms. The molecule has 2 N–H and O–H groups in total. The quantitative estimate of drug-likeness (QED) is 0.317. The number of para-hydroxylation sites is 1. The van der Waals surface area contributed by atoms with Crippen molar-refractivity contribution in [3.63, 3.8) is 0 Å². The molecular weight excluding hydrogens is 402 g/mol. The Labute approximate surface area is 192 Å². The standard InChI is InChI=1S/C25H37N5O2/c1-3-14-30-15-12-22(13-16-30)29-25(26-4-2)28-20-21-10-11-24(27-19-21)32-18-17-31-23-8-6-5-7-9-23/h5-11,19,22H,3-4,12-18,20H2,1-2H3,(H2,26,28,29). The summed E-state index contributed by atoms with van der Waals surface area (Å²) in [5.41, 5.74) is 1.05. The molecule has 0 radical (unpaired) electrons. The molecule has 0 amide bonds. The van der Waals surface area contributed by atoms with Gasteiger partial charge in [-0.05, 0) is 50.4 Å². The number of likely N-dealkylation sites (tertiary alicyclic amines) is 1. The molecular formula is C25H37N5O2. The Morgan fingerprint density at radius 1 is 1.06 bits per heavy atom. The molecule has 1 aliphatic rings. The maximum atomic E-state index is 5.67. The smallest absolute Gasteiger partial charge is 0.213 e. The first-order chi connectivity index (χ1) is 15.8. The molecule has 1 aliphatic heterocycles. The van der Waals surface area contributed by atoms with Crippen molar-refractivity contribution in [3.8, 4) is 11.6 Å². The molecule has 7 nitrogen and oxygen atoms in total. The summed E-state index contributed by atoms with van der Waals surface area (Å²) in [6.07, 6.45) is 5.36. The monoisotopic (exact) mass is 439 g/mol. The molecule has 7 heteroatoms.